The highest BCUT2D eigenvalue weighted by Crippen LogP contribution is 2.44. The van der Waals surface area contributed by atoms with Crippen LogP contribution in [0.2, 0.25) is 0 Å². The molecule has 0 heterocycles. The molecule has 218 valence electrons. The van der Waals surface area contributed by atoms with Crippen molar-refractivity contribution in [2.45, 2.75) is 108 Å². The van der Waals surface area contributed by atoms with E-state index in [-0.39, 0.29) is 0 Å². The van der Waals surface area contributed by atoms with E-state index in [1.807, 2.05) is 0 Å². The lowest BCUT2D eigenvalue weighted by Gasteiger charge is -2.41. The highest BCUT2D eigenvalue weighted by Gasteiger charge is 2.34. The van der Waals surface area contributed by atoms with E-state index in [1.54, 1.807) is 5.57 Å². The minimum Gasteiger partial charge on any atom is -0.0804 e. The molecule has 0 nitrogen and oxygen atoms in total. The lowest BCUT2D eigenvalue weighted by Crippen LogP contribution is -2.32. The molecular formula is C40H58. The lowest BCUT2D eigenvalue weighted by atomic mass is 9.64. The van der Waals surface area contributed by atoms with E-state index < -0.39 is 0 Å². The topological polar surface area (TPSA) is 0 Å². The van der Waals surface area contributed by atoms with Crippen LogP contribution in [0.4, 0.5) is 0 Å². The largest absolute Gasteiger partial charge is 0.0804 e. The molecule has 0 radical (unpaired) electrons. The molecule has 2 atom stereocenters. The molecule has 1 fully saturated rings. The second kappa shape index (κ2) is 16.0. The van der Waals surface area contributed by atoms with Gasteiger partial charge in [-0.2, -0.15) is 0 Å². The maximum Gasteiger partial charge on any atom is -0.0104 e. The average molecular weight is 539 g/mol. The molecule has 0 aromatic heterocycles. The Morgan fingerprint density at radius 1 is 0.675 bits per heavy atom. The zero-order valence-corrected chi connectivity index (χ0v) is 27.5. The summed E-state index contributed by atoms with van der Waals surface area (Å²) in [5, 5.41) is 0. The van der Waals surface area contributed by atoms with Crippen LogP contribution in [0.1, 0.15) is 108 Å². The fourth-order valence-corrected chi connectivity index (χ4v) is 6.27. The van der Waals surface area contributed by atoms with E-state index in [0.29, 0.717) is 16.7 Å². The molecule has 0 bridgehead atoms. The molecule has 0 spiro atoms. The first-order valence-electron chi connectivity index (χ1n) is 15.6. The second-order valence-corrected chi connectivity index (χ2v) is 13.8. The molecule has 0 amide bonds. The SMILES string of the molecule is CC1=C(/C=C/C(C)=C/C=C/C(C)=C/C=C/C=C(C)/C=C/C=C(C)/C=C/[C@H]2C(C)CCCC2(C)C)C(C)(C)CCC1. The van der Waals surface area contributed by atoms with Crippen LogP contribution in [0.15, 0.2) is 119 Å². The summed E-state index contributed by atoms with van der Waals surface area (Å²) in [5.74, 6) is 1.45. The van der Waals surface area contributed by atoms with Gasteiger partial charge in [0.25, 0.3) is 0 Å². The summed E-state index contributed by atoms with van der Waals surface area (Å²) in [4.78, 5) is 0. The van der Waals surface area contributed by atoms with Gasteiger partial charge in [0.2, 0.25) is 0 Å². The summed E-state index contributed by atoms with van der Waals surface area (Å²) in [7, 11) is 0. The number of hydrogen-bond donors (Lipinski definition) is 0. The quantitative estimate of drug-likeness (QED) is 0.243. The van der Waals surface area contributed by atoms with Crippen LogP contribution in [-0.4, -0.2) is 0 Å². The van der Waals surface area contributed by atoms with E-state index >= 15 is 0 Å². The third-order valence-electron chi connectivity index (χ3n) is 8.88. The van der Waals surface area contributed by atoms with Gasteiger partial charge in [-0.1, -0.05) is 160 Å². The highest BCUT2D eigenvalue weighted by atomic mass is 14.4. The molecule has 40 heavy (non-hydrogen) atoms. The van der Waals surface area contributed by atoms with Gasteiger partial charge in [0.05, 0.1) is 0 Å². The molecule has 0 aromatic rings. The van der Waals surface area contributed by atoms with Gasteiger partial charge in [-0.3, -0.25) is 0 Å². The molecular weight excluding hydrogens is 480 g/mol. The van der Waals surface area contributed by atoms with Crippen molar-refractivity contribution in [1.29, 1.82) is 0 Å². The van der Waals surface area contributed by atoms with Crippen molar-refractivity contribution in [3.63, 3.8) is 0 Å². The van der Waals surface area contributed by atoms with E-state index in [4.69, 9.17) is 0 Å². The Morgan fingerprint density at radius 3 is 1.75 bits per heavy atom. The molecule has 0 aliphatic heterocycles. The van der Waals surface area contributed by atoms with Crippen molar-refractivity contribution in [1.82, 2.24) is 0 Å². The first kappa shape index (κ1) is 33.6. The van der Waals surface area contributed by atoms with Crippen LogP contribution < -0.4 is 0 Å². The highest BCUT2D eigenvalue weighted by molar-refractivity contribution is 5.37. The molecule has 0 aromatic carbocycles. The Labute approximate surface area is 248 Å². The zero-order valence-electron chi connectivity index (χ0n) is 27.5. The summed E-state index contributed by atoms with van der Waals surface area (Å²) in [6.45, 7) is 23.0. The number of hydrogen-bond acceptors (Lipinski definition) is 0. The normalized spacial score (nSPS) is 25.6. The van der Waals surface area contributed by atoms with Crippen LogP contribution in [0.25, 0.3) is 0 Å². The van der Waals surface area contributed by atoms with Gasteiger partial charge in [-0.15, -0.1) is 0 Å². The van der Waals surface area contributed by atoms with Crippen molar-refractivity contribution in [3.05, 3.63) is 119 Å². The van der Waals surface area contributed by atoms with E-state index in [0.717, 1.165) is 5.92 Å². The molecule has 0 saturated heterocycles. The smallest absolute Gasteiger partial charge is 0.0104 e. The third-order valence-corrected chi connectivity index (χ3v) is 8.88. The van der Waals surface area contributed by atoms with E-state index in [2.05, 4.69) is 154 Å². The van der Waals surface area contributed by atoms with Crippen LogP contribution in [0, 0.1) is 22.7 Å². The van der Waals surface area contributed by atoms with Gasteiger partial charge in [-0.05, 0) is 88.5 Å². The molecule has 1 unspecified atom stereocenters. The average Bonchev–Trinajstić information content (AvgIpc) is 2.85. The van der Waals surface area contributed by atoms with Gasteiger partial charge in [0.15, 0.2) is 0 Å². The summed E-state index contributed by atoms with van der Waals surface area (Å²) < 4.78 is 0. The lowest BCUT2D eigenvalue weighted by molar-refractivity contribution is 0.123. The Hall–Kier alpha value is -2.60. The van der Waals surface area contributed by atoms with Crippen LogP contribution in [-0.2, 0) is 0 Å². The third kappa shape index (κ3) is 11.5. The molecule has 0 N–H and O–H groups in total. The van der Waals surface area contributed by atoms with Gasteiger partial charge < -0.3 is 0 Å². The Bertz CT molecular complexity index is 1140. The van der Waals surface area contributed by atoms with Crippen molar-refractivity contribution in [2.75, 3.05) is 0 Å². The van der Waals surface area contributed by atoms with Gasteiger partial charge in [-0.25, -0.2) is 0 Å². The molecule has 2 rings (SSSR count). The van der Waals surface area contributed by atoms with Crippen molar-refractivity contribution in [3.8, 4) is 0 Å². The Morgan fingerprint density at radius 2 is 1.20 bits per heavy atom. The zero-order chi connectivity index (χ0) is 29.8. The van der Waals surface area contributed by atoms with Gasteiger partial charge in [0.1, 0.15) is 0 Å². The number of rotatable bonds is 10. The van der Waals surface area contributed by atoms with E-state index in [1.165, 1.54) is 66.4 Å². The molecule has 2 aliphatic rings. The minimum absolute atomic E-state index is 0.293. The summed E-state index contributed by atoms with van der Waals surface area (Å²) >= 11 is 0. The molecule has 2 aliphatic carbocycles. The second-order valence-electron chi connectivity index (χ2n) is 13.8. The van der Waals surface area contributed by atoms with E-state index in [9.17, 15) is 0 Å². The monoisotopic (exact) mass is 538 g/mol. The maximum atomic E-state index is 2.46. The number of allylic oxidation sites excluding steroid dienone is 20. The fourth-order valence-electron chi connectivity index (χ4n) is 6.27. The standard InChI is InChI=1S/C40H58/c1-31(19-13-21-33(3)25-27-37-35(5)23-15-29-39(37,7)8)17-11-12-18-32(2)20-14-22-34(4)26-28-38-36(6)24-16-30-40(38,9)10/h11-14,17-22,25-28,35,37H,15-16,23-24,29-30H2,1-10H3/b12-11+,19-13+,20-14+,27-25+,28-26+,31-17+,32-18+,33-21+,34-22+/t35?,37-/m0/s1. The Kier molecular flexibility index (Phi) is 13.4. The van der Waals surface area contributed by atoms with Crippen LogP contribution >= 0.6 is 0 Å². The summed E-state index contributed by atoms with van der Waals surface area (Å²) in [6.07, 6.45) is 38.9. The summed E-state index contributed by atoms with van der Waals surface area (Å²) in [5.41, 5.74) is 8.83. The summed E-state index contributed by atoms with van der Waals surface area (Å²) in [6, 6.07) is 0. The first-order chi connectivity index (χ1) is 18.8. The molecule has 1 saturated carbocycles. The van der Waals surface area contributed by atoms with Crippen molar-refractivity contribution >= 4 is 0 Å². The van der Waals surface area contributed by atoms with Gasteiger partial charge >= 0.3 is 0 Å². The van der Waals surface area contributed by atoms with Crippen LogP contribution in [0.5, 0.6) is 0 Å². The predicted molar refractivity (Wildman–Crippen MR) is 181 cm³/mol. The van der Waals surface area contributed by atoms with Crippen molar-refractivity contribution in [2.24, 2.45) is 22.7 Å². The van der Waals surface area contributed by atoms with Crippen LogP contribution in [0.3, 0.4) is 0 Å². The Balaban J connectivity index is 1.87. The maximum absolute atomic E-state index is 2.46. The predicted octanol–water partition coefficient (Wildman–Crippen LogP) is 12.5. The molecule has 0 heteroatoms. The van der Waals surface area contributed by atoms with Gasteiger partial charge in [0, 0.05) is 0 Å². The first-order valence-corrected chi connectivity index (χ1v) is 15.6. The minimum atomic E-state index is 0.293. The fraction of sp³-hybridized carbons (Fsp3) is 0.500. The van der Waals surface area contributed by atoms with Crippen molar-refractivity contribution < 1.29 is 0 Å².